The third-order valence-corrected chi connectivity index (χ3v) is 1.14. The molecule has 0 fully saturated rings. The molecule has 0 spiro atoms. The Balaban J connectivity index is 2.30. The Morgan fingerprint density at radius 2 is 2.40 bits per heavy atom. The van der Waals surface area contributed by atoms with E-state index in [2.05, 4.69) is 20.0 Å². The topological polar surface area (TPSA) is 53.0 Å². The lowest BCUT2D eigenvalue weighted by atomic mass is 10.4. The first-order valence-corrected chi connectivity index (χ1v) is 2.81. The molecule has 49 valence electrons. The zero-order valence-electron chi connectivity index (χ0n) is 5.06. The zero-order chi connectivity index (χ0) is 6.81. The van der Waals surface area contributed by atoms with Crippen LogP contribution in [-0.4, -0.2) is 10.1 Å². The number of hydrogen-bond donors (Lipinski definition) is 0. The molecule has 10 heavy (non-hydrogen) atoms. The summed E-state index contributed by atoms with van der Waals surface area (Å²) in [6.07, 6.45) is 6.62. The van der Waals surface area contributed by atoms with E-state index >= 15 is 0 Å². The molecule has 0 atom stereocenters. The van der Waals surface area contributed by atoms with Crippen molar-refractivity contribution in [3.63, 3.8) is 0 Å². The lowest BCUT2D eigenvalue weighted by Crippen LogP contribution is -1.93. The average Bonchev–Trinajstić information content (AvgIpc) is 2.59. The minimum absolute atomic E-state index is 0.532. The van der Waals surface area contributed by atoms with Crippen LogP contribution in [-0.2, 0) is 0 Å². The zero-order valence-corrected chi connectivity index (χ0v) is 5.06. The van der Waals surface area contributed by atoms with E-state index in [-0.39, 0.29) is 0 Å². The molecule has 0 saturated carbocycles. The van der Waals surface area contributed by atoms with Crippen molar-refractivity contribution in [3.05, 3.63) is 30.6 Å². The summed E-state index contributed by atoms with van der Waals surface area (Å²) in [5.41, 5.74) is 0.744. The molecular formula is C6H4N3O. The molecule has 1 aliphatic rings. The van der Waals surface area contributed by atoms with Crippen LogP contribution in [0.4, 0.5) is 0 Å². The lowest BCUT2D eigenvalue weighted by molar-refractivity contribution is 0.415. The number of rotatable bonds is 1. The van der Waals surface area contributed by atoms with Gasteiger partial charge in [0.1, 0.15) is 5.70 Å². The molecule has 1 radical (unpaired) electrons. The molecule has 1 aliphatic heterocycles. The number of hydrogen-bond acceptors (Lipinski definition) is 3. The third-order valence-electron chi connectivity index (χ3n) is 1.14. The van der Waals surface area contributed by atoms with Crippen LogP contribution in [0.15, 0.2) is 29.3 Å². The van der Waals surface area contributed by atoms with E-state index < -0.39 is 0 Å². The average molecular weight is 134 g/mol. The normalized spacial score (nSPS) is 15.0. The van der Waals surface area contributed by atoms with Gasteiger partial charge in [0, 0.05) is 6.20 Å². The molecule has 2 rings (SSSR count). The van der Waals surface area contributed by atoms with Crippen molar-refractivity contribution in [3.8, 4) is 0 Å². The van der Waals surface area contributed by atoms with Gasteiger partial charge in [-0.05, 0) is 12.2 Å². The first-order valence-electron chi connectivity index (χ1n) is 2.81. The molecule has 0 unspecified atom stereocenters. The fraction of sp³-hybridized carbons (Fsp3) is 0. The maximum absolute atomic E-state index is 4.54. The molecular weight excluding hydrogens is 130 g/mol. The molecule has 1 aromatic heterocycles. The summed E-state index contributed by atoms with van der Waals surface area (Å²) in [5.74, 6) is 0.532. The van der Waals surface area contributed by atoms with Gasteiger partial charge in [0.2, 0.25) is 12.2 Å². The predicted octanol–water partition coefficient (Wildman–Crippen LogP) is 0.542. The van der Waals surface area contributed by atoms with E-state index in [0.29, 0.717) is 5.82 Å². The summed E-state index contributed by atoms with van der Waals surface area (Å²) < 4.78 is 4.54. The van der Waals surface area contributed by atoms with Gasteiger partial charge in [-0.2, -0.15) is 4.98 Å². The largest absolute Gasteiger partial charge is 0.342 e. The van der Waals surface area contributed by atoms with Crippen molar-refractivity contribution < 1.29 is 4.52 Å². The highest BCUT2D eigenvalue weighted by molar-refractivity contribution is 5.62. The third kappa shape index (κ3) is 0.699. The van der Waals surface area contributed by atoms with Crippen LogP contribution in [0.5, 0.6) is 0 Å². The van der Waals surface area contributed by atoms with Gasteiger partial charge in [-0.25, -0.2) is 0 Å². The molecule has 4 nitrogen and oxygen atoms in total. The number of nitrogens with zero attached hydrogens (tertiary/aromatic N) is 3. The maximum atomic E-state index is 4.54. The monoisotopic (exact) mass is 134 g/mol. The quantitative estimate of drug-likeness (QED) is 0.563. The molecule has 0 saturated heterocycles. The summed E-state index contributed by atoms with van der Waals surface area (Å²) in [4.78, 5) is 3.82. The Bertz CT molecular complexity index is 273. The summed E-state index contributed by atoms with van der Waals surface area (Å²) in [6, 6.07) is 0. The SMILES string of the molecule is C1=C[N]C(c2ncon2)=C1. The minimum atomic E-state index is 0.532. The van der Waals surface area contributed by atoms with Crippen LogP contribution in [0.25, 0.3) is 5.70 Å². The lowest BCUT2D eigenvalue weighted by Gasteiger charge is -1.88. The second-order valence-corrected chi connectivity index (χ2v) is 1.78. The summed E-state index contributed by atoms with van der Waals surface area (Å²) >= 11 is 0. The Morgan fingerprint density at radius 1 is 1.40 bits per heavy atom. The summed E-state index contributed by atoms with van der Waals surface area (Å²) in [5, 5.41) is 7.58. The van der Waals surface area contributed by atoms with Gasteiger partial charge >= 0.3 is 0 Å². The van der Waals surface area contributed by atoms with Crippen molar-refractivity contribution in [2.75, 3.05) is 0 Å². The molecule has 0 aromatic carbocycles. The number of allylic oxidation sites excluding steroid dienone is 2. The minimum Gasteiger partial charge on any atom is -0.342 e. The van der Waals surface area contributed by atoms with Crippen molar-refractivity contribution in [1.29, 1.82) is 0 Å². The number of aromatic nitrogens is 2. The van der Waals surface area contributed by atoms with E-state index in [4.69, 9.17) is 0 Å². The van der Waals surface area contributed by atoms with Crippen LogP contribution in [0, 0.1) is 0 Å². The van der Waals surface area contributed by atoms with Crippen LogP contribution in [0.2, 0.25) is 0 Å². The molecule has 1 aromatic rings. The maximum Gasteiger partial charge on any atom is 0.220 e. The van der Waals surface area contributed by atoms with Gasteiger partial charge in [0.25, 0.3) is 0 Å². The van der Waals surface area contributed by atoms with Gasteiger partial charge in [-0.15, -0.1) is 0 Å². The van der Waals surface area contributed by atoms with Crippen LogP contribution in [0.1, 0.15) is 5.82 Å². The van der Waals surface area contributed by atoms with Crippen LogP contribution >= 0.6 is 0 Å². The second-order valence-electron chi connectivity index (χ2n) is 1.78. The molecule has 0 amide bonds. The van der Waals surface area contributed by atoms with Crippen LogP contribution in [0.3, 0.4) is 0 Å². The van der Waals surface area contributed by atoms with E-state index in [1.807, 2.05) is 12.2 Å². The fourth-order valence-electron chi connectivity index (χ4n) is 0.716. The highest BCUT2D eigenvalue weighted by atomic mass is 16.5. The first-order chi connectivity index (χ1) is 4.97. The van der Waals surface area contributed by atoms with Gasteiger partial charge in [-0.3, -0.25) is 5.32 Å². The fourth-order valence-corrected chi connectivity index (χ4v) is 0.716. The van der Waals surface area contributed by atoms with Gasteiger partial charge in [0.05, 0.1) is 0 Å². The molecule has 4 heteroatoms. The van der Waals surface area contributed by atoms with E-state index in [9.17, 15) is 0 Å². The predicted molar refractivity (Wildman–Crippen MR) is 33.5 cm³/mol. The summed E-state index contributed by atoms with van der Waals surface area (Å²) in [6.45, 7) is 0. The molecule has 2 heterocycles. The van der Waals surface area contributed by atoms with E-state index in [1.54, 1.807) is 6.20 Å². The van der Waals surface area contributed by atoms with E-state index in [1.165, 1.54) is 6.39 Å². The molecule has 0 N–H and O–H groups in total. The Labute approximate surface area is 57.2 Å². The Hall–Kier alpha value is -1.58. The molecule has 0 aliphatic carbocycles. The smallest absolute Gasteiger partial charge is 0.220 e. The van der Waals surface area contributed by atoms with Gasteiger partial charge in [0.15, 0.2) is 0 Å². The van der Waals surface area contributed by atoms with Gasteiger partial charge < -0.3 is 4.52 Å². The molecule has 0 bridgehead atoms. The second kappa shape index (κ2) is 1.98. The van der Waals surface area contributed by atoms with Crippen molar-refractivity contribution in [1.82, 2.24) is 15.5 Å². The van der Waals surface area contributed by atoms with Crippen LogP contribution < -0.4 is 5.32 Å². The Kier molecular flexibility index (Phi) is 1.04. The van der Waals surface area contributed by atoms with Crippen molar-refractivity contribution in [2.24, 2.45) is 0 Å². The highest BCUT2D eigenvalue weighted by Crippen LogP contribution is 2.10. The van der Waals surface area contributed by atoms with Gasteiger partial charge in [-0.1, -0.05) is 5.16 Å². The van der Waals surface area contributed by atoms with Crippen molar-refractivity contribution >= 4 is 5.70 Å². The van der Waals surface area contributed by atoms with Crippen molar-refractivity contribution in [2.45, 2.75) is 0 Å². The summed E-state index contributed by atoms with van der Waals surface area (Å²) in [7, 11) is 0. The highest BCUT2D eigenvalue weighted by Gasteiger charge is 2.07. The Morgan fingerprint density at radius 3 is 3.00 bits per heavy atom. The first kappa shape index (κ1) is 5.22. The van der Waals surface area contributed by atoms with E-state index in [0.717, 1.165) is 5.70 Å². The standard InChI is InChI=1S/C6H4N3O/c1-2-5(7-3-1)6-8-4-10-9-6/h1-4H.